The topological polar surface area (TPSA) is 15.8 Å². The van der Waals surface area contributed by atoms with Crippen LogP contribution in [0, 0.1) is 0 Å². The highest BCUT2D eigenvalue weighted by Gasteiger charge is 2.16. The van der Waals surface area contributed by atoms with Gasteiger partial charge in [0.2, 0.25) is 0 Å². The minimum absolute atomic E-state index is 1.10. The summed E-state index contributed by atoms with van der Waals surface area (Å²) in [6.45, 7) is 0. The molecule has 0 saturated heterocycles. The summed E-state index contributed by atoms with van der Waals surface area (Å²) in [6.07, 6.45) is 0. The maximum Gasteiger partial charge on any atom is 0.0624 e. The summed E-state index contributed by atoms with van der Waals surface area (Å²) in [5, 5.41) is 5.18. The van der Waals surface area contributed by atoms with Crippen LogP contribution in [0.25, 0.3) is 75.4 Å². The smallest absolute Gasteiger partial charge is 0.0624 e. The molecule has 2 aromatic heterocycles. The zero-order valence-corrected chi connectivity index (χ0v) is 23.3. The summed E-state index contributed by atoms with van der Waals surface area (Å²) < 4.78 is 3.76. The zero-order chi connectivity index (χ0) is 25.9. The van der Waals surface area contributed by atoms with E-state index in [-0.39, 0.29) is 0 Å². The molecule has 0 aliphatic rings. The van der Waals surface area contributed by atoms with Crippen LogP contribution in [0.2, 0.25) is 0 Å². The Balaban J connectivity index is 1.36. The third-order valence-corrected chi connectivity index (χ3v) is 9.48. The van der Waals surface area contributed by atoms with Gasteiger partial charge in [-0.05, 0) is 85.7 Å². The van der Waals surface area contributed by atoms with Gasteiger partial charge in [0.1, 0.15) is 0 Å². The third-order valence-electron chi connectivity index (χ3n) is 7.65. The van der Waals surface area contributed by atoms with Crippen molar-refractivity contribution in [1.29, 1.82) is 0 Å². The largest absolute Gasteiger partial charge is 0.354 e. The van der Waals surface area contributed by atoms with E-state index in [0.717, 1.165) is 15.5 Å². The van der Waals surface area contributed by atoms with Gasteiger partial charge < -0.3 is 4.98 Å². The summed E-state index contributed by atoms with van der Waals surface area (Å²) >= 11 is 5.75. The molecule has 0 radical (unpaired) electrons. The van der Waals surface area contributed by atoms with Gasteiger partial charge in [-0.2, -0.15) is 0 Å². The molecule has 0 aliphatic carbocycles. The molecule has 0 spiro atoms. The van der Waals surface area contributed by atoms with Crippen LogP contribution in [0.4, 0.5) is 0 Å². The van der Waals surface area contributed by atoms with Gasteiger partial charge in [-0.25, -0.2) is 0 Å². The highest BCUT2D eigenvalue weighted by molar-refractivity contribution is 9.10. The molecule has 0 atom stereocenters. The van der Waals surface area contributed by atoms with Gasteiger partial charge in [0.15, 0.2) is 0 Å². The van der Waals surface area contributed by atoms with Crippen LogP contribution in [0.3, 0.4) is 0 Å². The maximum atomic E-state index is 3.87. The normalized spacial score (nSPS) is 11.7. The number of aromatic nitrogens is 1. The van der Waals surface area contributed by atoms with Crippen LogP contribution in [0.1, 0.15) is 0 Å². The molecular weight excluding hydrogens is 558 g/mol. The van der Waals surface area contributed by atoms with Crippen molar-refractivity contribution < 1.29 is 0 Å². The van der Waals surface area contributed by atoms with Gasteiger partial charge >= 0.3 is 0 Å². The van der Waals surface area contributed by atoms with Crippen molar-refractivity contribution in [3.05, 3.63) is 132 Å². The molecule has 0 fully saturated rings. The van der Waals surface area contributed by atoms with Crippen molar-refractivity contribution >= 4 is 69.2 Å². The van der Waals surface area contributed by atoms with E-state index in [1.807, 2.05) is 11.3 Å². The summed E-state index contributed by atoms with van der Waals surface area (Å²) in [4.78, 5) is 3.75. The number of aromatic amines is 1. The number of halogens is 1. The number of hydrogen-bond donors (Lipinski definition) is 1. The molecule has 1 nitrogen and oxygen atoms in total. The summed E-state index contributed by atoms with van der Waals surface area (Å²) in [5.41, 5.74) is 9.61. The van der Waals surface area contributed by atoms with E-state index < -0.39 is 0 Å². The van der Waals surface area contributed by atoms with Crippen LogP contribution in [0.5, 0.6) is 0 Å². The Morgan fingerprint density at radius 1 is 0.487 bits per heavy atom. The number of H-pyrrole nitrogens is 1. The fourth-order valence-electron chi connectivity index (χ4n) is 5.77. The van der Waals surface area contributed by atoms with Crippen LogP contribution in [-0.2, 0) is 0 Å². The SMILES string of the molecule is Brc1cc2c3ccccc3sc2c2c1[nH]c1cc(-c3cc(-c4ccccc4)cc(-c4ccccc4)c3)ccc12. The molecule has 184 valence electrons. The highest BCUT2D eigenvalue weighted by Crippen LogP contribution is 2.44. The van der Waals surface area contributed by atoms with Gasteiger partial charge in [0, 0.05) is 40.9 Å². The second-order valence-corrected chi connectivity index (χ2v) is 11.9. The van der Waals surface area contributed by atoms with E-state index in [2.05, 4.69) is 148 Å². The van der Waals surface area contributed by atoms with Crippen molar-refractivity contribution in [3.63, 3.8) is 0 Å². The van der Waals surface area contributed by atoms with E-state index >= 15 is 0 Å². The average molecular weight is 581 g/mol. The molecular formula is C36H22BrNS. The Labute approximate surface area is 238 Å². The van der Waals surface area contributed by atoms with E-state index in [4.69, 9.17) is 0 Å². The molecule has 2 heterocycles. The van der Waals surface area contributed by atoms with Crippen LogP contribution >= 0.6 is 27.3 Å². The van der Waals surface area contributed by atoms with Crippen molar-refractivity contribution in [3.8, 4) is 33.4 Å². The number of rotatable bonds is 3. The second kappa shape index (κ2) is 8.94. The molecule has 1 N–H and O–H groups in total. The Hall–Kier alpha value is -4.18. The standard InChI is InChI=1S/C36H22BrNS/c37-31-21-30-28-13-7-8-14-33(28)39-36(30)34-29-16-15-24(20-32(29)38-35(31)34)27-18-25(22-9-3-1-4-10-22)17-26(19-27)23-11-5-2-6-12-23/h1-21,38H. The molecule has 0 amide bonds. The molecule has 0 unspecified atom stereocenters. The van der Waals surface area contributed by atoms with Gasteiger partial charge in [-0.1, -0.05) is 91.0 Å². The van der Waals surface area contributed by atoms with E-state index in [1.54, 1.807) is 0 Å². The molecule has 8 aromatic rings. The van der Waals surface area contributed by atoms with Gasteiger partial charge in [0.05, 0.1) is 5.52 Å². The van der Waals surface area contributed by atoms with Crippen LogP contribution in [-0.4, -0.2) is 4.98 Å². The second-order valence-electron chi connectivity index (χ2n) is 10.00. The monoisotopic (exact) mass is 579 g/mol. The highest BCUT2D eigenvalue weighted by atomic mass is 79.9. The molecule has 39 heavy (non-hydrogen) atoms. The summed E-state index contributed by atoms with van der Waals surface area (Å²) in [6, 6.07) is 46.0. The van der Waals surface area contributed by atoms with Crippen molar-refractivity contribution in [2.24, 2.45) is 0 Å². The lowest BCUT2D eigenvalue weighted by molar-refractivity contribution is 1.53. The summed E-state index contributed by atoms with van der Waals surface area (Å²) in [5.74, 6) is 0. The van der Waals surface area contributed by atoms with E-state index in [9.17, 15) is 0 Å². The van der Waals surface area contributed by atoms with Crippen molar-refractivity contribution in [1.82, 2.24) is 4.98 Å². The van der Waals surface area contributed by atoms with E-state index in [1.165, 1.54) is 64.3 Å². The maximum absolute atomic E-state index is 3.87. The molecule has 6 aromatic carbocycles. The molecule has 8 rings (SSSR count). The minimum Gasteiger partial charge on any atom is -0.354 e. The van der Waals surface area contributed by atoms with Crippen LogP contribution in [0.15, 0.2) is 132 Å². The number of thiophene rings is 1. The molecule has 0 bridgehead atoms. The average Bonchev–Trinajstić information content (AvgIpc) is 3.56. The first-order valence-corrected chi connectivity index (χ1v) is 14.7. The minimum atomic E-state index is 1.10. The predicted octanol–water partition coefficient (Wildman–Crippen LogP) is 11.5. The number of nitrogens with one attached hydrogen (secondary N) is 1. The fraction of sp³-hybridized carbons (Fsp3) is 0. The van der Waals surface area contributed by atoms with Crippen LogP contribution < -0.4 is 0 Å². The number of benzene rings is 6. The molecule has 0 aliphatic heterocycles. The summed E-state index contributed by atoms with van der Waals surface area (Å²) in [7, 11) is 0. The lowest BCUT2D eigenvalue weighted by atomic mass is 9.93. The number of hydrogen-bond acceptors (Lipinski definition) is 1. The first-order chi connectivity index (χ1) is 19.2. The fourth-order valence-corrected chi connectivity index (χ4v) is 7.55. The van der Waals surface area contributed by atoms with Crippen molar-refractivity contribution in [2.75, 3.05) is 0 Å². The molecule has 0 saturated carbocycles. The Kier molecular flexibility index (Phi) is 5.22. The van der Waals surface area contributed by atoms with Crippen molar-refractivity contribution in [2.45, 2.75) is 0 Å². The Morgan fingerprint density at radius 2 is 1.10 bits per heavy atom. The number of fused-ring (bicyclic) bond motifs is 7. The Morgan fingerprint density at radius 3 is 1.79 bits per heavy atom. The Bertz CT molecular complexity index is 2110. The third kappa shape index (κ3) is 3.73. The van der Waals surface area contributed by atoms with Gasteiger partial charge in [0.25, 0.3) is 0 Å². The lowest BCUT2D eigenvalue weighted by Crippen LogP contribution is -1.86. The van der Waals surface area contributed by atoms with Gasteiger partial charge in [-0.3, -0.25) is 0 Å². The first-order valence-electron chi connectivity index (χ1n) is 13.0. The first kappa shape index (κ1) is 22.8. The van der Waals surface area contributed by atoms with E-state index in [0.29, 0.717) is 0 Å². The van der Waals surface area contributed by atoms with Gasteiger partial charge in [-0.15, -0.1) is 11.3 Å². The zero-order valence-electron chi connectivity index (χ0n) is 20.9. The predicted molar refractivity (Wildman–Crippen MR) is 173 cm³/mol. The quantitative estimate of drug-likeness (QED) is 0.214. The lowest BCUT2D eigenvalue weighted by Gasteiger charge is -2.11. The molecule has 3 heteroatoms.